The standard InChI is InChI=1S/C23H27N3O4S/c27-22(24-8-10-25(11-9-24)23(28)21-4-2-14-31-21)16-26-7-1-3-18(26)17-5-6-19-20(15-17)30-13-12-29-19/h2,4-6,14-15,18H,1,3,7-13,16H2/t18-/m1/s1. The summed E-state index contributed by atoms with van der Waals surface area (Å²) in [6.07, 6.45) is 2.12. The van der Waals surface area contributed by atoms with Gasteiger partial charge in [-0.3, -0.25) is 14.5 Å². The van der Waals surface area contributed by atoms with Crippen molar-refractivity contribution in [3.8, 4) is 11.5 Å². The fourth-order valence-electron chi connectivity index (χ4n) is 4.65. The maximum Gasteiger partial charge on any atom is 0.264 e. The van der Waals surface area contributed by atoms with Crippen molar-refractivity contribution in [1.29, 1.82) is 0 Å². The Morgan fingerprint density at radius 2 is 1.74 bits per heavy atom. The molecule has 31 heavy (non-hydrogen) atoms. The van der Waals surface area contributed by atoms with E-state index in [0.29, 0.717) is 45.9 Å². The molecule has 0 unspecified atom stereocenters. The van der Waals surface area contributed by atoms with Gasteiger partial charge in [-0.25, -0.2) is 0 Å². The highest BCUT2D eigenvalue weighted by molar-refractivity contribution is 7.12. The van der Waals surface area contributed by atoms with Crippen molar-refractivity contribution in [2.24, 2.45) is 0 Å². The Balaban J connectivity index is 1.18. The molecule has 1 atom stereocenters. The molecule has 1 aromatic carbocycles. The number of fused-ring (bicyclic) bond motifs is 1. The summed E-state index contributed by atoms with van der Waals surface area (Å²) in [5, 5.41) is 1.92. The predicted molar refractivity (Wildman–Crippen MR) is 118 cm³/mol. The van der Waals surface area contributed by atoms with E-state index < -0.39 is 0 Å². The number of hydrogen-bond acceptors (Lipinski definition) is 6. The zero-order valence-electron chi connectivity index (χ0n) is 17.5. The number of nitrogens with zero attached hydrogens (tertiary/aromatic N) is 3. The number of ether oxygens (including phenoxy) is 2. The molecule has 2 fully saturated rings. The van der Waals surface area contributed by atoms with Gasteiger partial charge in [0, 0.05) is 32.2 Å². The highest BCUT2D eigenvalue weighted by Crippen LogP contribution is 2.38. The maximum absolute atomic E-state index is 13.0. The van der Waals surface area contributed by atoms with E-state index in [0.717, 1.165) is 35.8 Å². The average molecular weight is 442 g/mol. The number of likely N-dealkylation sites (tertiary alicyclic amines) is 1. The Hall–Kier alpha value is -2.58. The summed E-state index contributed by atoms with van der Waals surface area (Å²) in [6, 6.07) is 10.1. The lowest BCUT2D eigenvalue weighted by Crippen LogP contribution is -2.52. The van der Waals surface area contributed by atoms with Gasteiger partial charge in [-0.1, -0.05) is 12.1 Å². The number of piperazine rings is 1. The predicted octanol–water partition coefficient (Wildman–Crippen LogP) is 2.64. The van der Waals surface area contributed by atoms with Crippen LogP contribution < -0.4 is 9.47 Å². The average Bonchev–Trinajstić information content (AvgIpc) is 3.51. The molecule has 8 heteroatoms. The van der Waals surface area contributed by atoms with Crippen LogP contribution in [0.4, 0.5) is 0 Å². The molecule has 5 rings (SSSR count). The van der Waals surface area contributed by atoms with Gasteiger partial charge in [0.2, 0.25) is 5.91 Å². The molecular formula is C23H27N3O4S. The van der Waals surface area contributed by atoms with Crippen LogP contribution in [0.5, 0.6) is 11.5 Å². The largest absolute Gasteiger partial charge is 0.486 e. The maximum atomic E-state index is 13.0. The number of carbonyl (C=O) groups excluding carboxylic acids is 2. The molecule has 1 aromatic heterocycles. The molecular weight excluding hydrogens is 414 g/mol. The van der Waals surface area contributed by atoms with E-state index in [-0.39, 0.29) is 17.9 Å². The topological polar surface area (TPSA) is 62.3 Å². The second-order valence-electron chi connectivity index (χ2n) is 8.18. The van der Waals surface area contributed by atoms with Crippen LogP contribution in [-0.4, -0.2) is 79.0 Å². The summed E-state index contributed by atoms with van der Waals surface area (Å²) < 4.78 is 11.4. The Labute approximate surface area is 186 Å². The molecule has 0 radical (unpaired) electrons. The first-order valence-corrected chi connectivity index (χ1v) is 11.8. The highest BCUT2D eigenvalue weighted by atomic mass is 32.1. The monoisotopic (exact) mass is 441 g/mol. The third-order valence-corrected chi connectivity index (χ3v) is 7.16. The highest BCUT2D eigenvalue weighted by Gasteiger charge is 2.31. The molecule has 3 aliphatic rings. The van der Waals surface area contributed by atoms with Crippen molar-refractivity contribution >= 4 is 23.2 Å². The Bertz CT molecular complexity index is 940. The van der Waals surface area contributed by atoms with Crippen molar-refractivity contribution in [3.05, 3.63) is 46.2 Å². The van der Waals surface area contributed by atoms with Crippen molar-refractivity contribution in [2.45, 2.75) is 18.9 Å². The summed E-state index contributed by atoms with van der Waals surface area (Å²) in [5.74, 6) is 1.81. The van der Waals surface area contributed by atoms with Crippen LogP contribution in [0.15, 0.2) is 35.7 Å². The van der Waals surface area contributed by atoms with Gasteiger partial charge < -0.3 is 19.3 Å². The van der Waals surface area contributed by atoms with Crippen molar-refractivity contribution in [2.75, 3.05) is 52.5 Å². The van der Waals surface area contributed by atoms with Gasteiger partial charge in [0.15, 0.2) is 11.5 Å². The fraction of sp³-hybridized carbons (Fsp3) is 0.478. The van der Waals surface area contributed by atoms with E-state index in [1.54, 1.807) is 0 Å². The van der Waals surface area contributed by atoms with Crippen LogP contribution in [0.1, 0.15) is 34.1 Å². The quantitative estimate of drug-likeness (QED) is 0.730. The number of carbonyl (C=O) groups is 2. The second-order valence-corrected chi connectivity index (χ2v) is 9.13. The third kappa shape index (κ3) is 4.27. The van der Waals surface area contributed by atoms with E-state index >= 15 is 0 Å². The summed E-state index contributed by atoms with van der Waals surface area (Å²) >= 11 is 1.46. The van der Waals surface area contributed by atoms with Gasteiger partial charge in [-0.2, -0.15) is 0 Å². The number of hydrogen-bond donors (Lipinski definition) is 0. The van der Waals surface area contributed by atoms with Crippen molar-refractivity contribution < 1.29 is 19.1 Å². The van der Waals surface area contributed by atoms with Gasteiger partial charge in [0.05, 0.1) is 11.4 Å². The normalized spacial score (nSPS) is 21.4. The van der Waals surface area contributed by atoms with Gasteiger partial charge in [-0.15, -0.1) is 11.3 Å². The zero-order chi connectivity index (χ0) is 21.2. The van der Waals surface area contributed by atoms with Crippen molar-refractivity contribution in [1.82, 2.24) is 14.7 Å². The summed E-state index contributed by atoms with van der Waals surface area (Å²) in [5.41, 5.74) is 1.18. The molecule has 7 nitrogen and oxygen atoms in total. The van der Waals surface area contributed by atoms with Crippen LogP contribution in [0.3, 0.4) is 0 Å². The third-order valence-electron chi connectivity index (χ3n) is 6.30. The summed E-state index contributed by atoms with van der Waals surface area (Å²) in [6.45, 7) is 4.87. The second kappa shape index (κ2) is 8.88. The van der Waals surface area contributed by atoms with Crippen LogP contribution in [0.25, 0.3) is 0 Å². The smallest absolute Gasteiger partial charge is 0.264 e. The van der Waals surface area contributed by atoms with E-state index in [2.05, 4.69) is 17.0 Å². The molecule has 2 saturated heterocycles. The van der Waals surface area contributed by atoms with Gasteiger partial charge in [0.25, 0.3) is 5.91 Å². The first-order chi connectivity index (χ1) is 15.2. The van der Waals surface area contributed by atoms with E-state index in [9.17, 15) is 9.59 Å². The number of benzene rings is 1. The van der Waals surface area contributed by atoms with Crippen LogP contribution in [0.2, 0.25) is 0 Å². The minimum atomic E-state index is 0.0697. The first-order valence-electron chi connectivity index (χ1n) is 10.9. The number of thiophene rings is 1. The Morgan fingerprint density at radius 3 is 2.52 bits per heavy atom. The van der Waals surface area contributed by atoms with E-state index in [4.69, 9.17) is 9.47 Å². The first kappa shape index (κ1) is 20.3. The fourth-order valence-corrected chi connectivity index (χ4v) is 5.34. The van der Waals surface area contributed by atoms with Crippen LogP contribution in [0, 0.1) is 0 Å². The molecule has 0 spiro atoms. The number of rotatable bonds is 4. The summed E-state index contributed by atoms with van der Waals surface area (Å²) in [4.78, 5) is 32.3. The van der Waals surface area contributed by atoms with Gasteiger partial charge in [0.1, 0.15) is 13.2 Å². The molecule has 2 aromatic rings. The molecule has 164 valence electrons. The minimum absolute atomic E-state index is 0.0697. The van der Waals surface area contributed by atoms with Gasteiger partial charge >= 0.3 is 0 Å². The number of amides is 2. The lowest BCUT2D eigenvalue weighted by atomic mass is 10.0. The zero-order valence-corrected chi connectivity index (χ0v) is 18.3. The molecule has 2 amide bonds. The molecule has 4 heterocycles. The Kier molecular flexibility index (Phi) is 5.82. The lowest BCUT2D eigenvalue weighted by molar-refractivity contribution is -0.134. The molecule has 0 saturated carbocycles. The molecule has 0 aliphatic carbocycles. The van der Waals surface area contributed by atoms with E-state index in [1.165, 1.54) is 16.9 Å². The Morgan fingerprint density at radius 1 is 0.968 bits per heavy atom. The lowest BCUT2D eigenvalue weighted by Gasteiger charge is -2.36. The molecule has 3 aliphatic heterocycles. The van der Waals surface area contributed by atoms with Crippen LogP contribution in [-0.2, 0) is 4.79 Å². The molecule has 0 bridgehead atoms. The SMILES string of the molecule is O=C(CN1CCC[C@@H]1c1ccc2c(c1)OCCO2)N1CCN(C(=O)c2cccs2)CC1. The molecule has 0 N–H and O–H groups in total. The van der Waals surface area contributed by atoms with Gasteiger partial charge in [-0.05, 0) is 48.5 Å². The minimum Gasteiger partial charge on any atom is -0.486 e. The van der Waals surface area contributed by atoms with Crippen molar-refractivity contribution in [3.63, 3.8) is 0 Å². The summed E-state index contributed by atoms with van der Waals surface area (Å²) in [7, 11) is 0. The van der Waals surface area contributed by atoms with Crippen LogP contribution >= 0.6 is 11.3 Å². The van der Waals surface area contributed by atoms with E-state index in [1.807, 2.05) is 33.4 Å².